The first kappa shape index (κ1) is 11.4. The third kappa shape index (κ3) is 3.21. The number of amidine groups is 1. The molecule has 1 aromatic rings. The van der Waals surface area contributed by atoms with E-state index in [-0.39, 0.29) is 6.04 Å². The van der Waals surface area contributed by atoms with E-state index in [1.165, 1.54) is 5.56 Å². The van der Waals surface area contributed by atoms with Gasteiger partial charge in [-0.2, -0.15) is 0 Å². The number of nitrogens with two attached hydrogens (primary N) is 1. The summed E-state index contributed by atoms with van der Waals surface area (Å²) in [6, 6.07) is 8.68. The minimum Gasteiger partial charge on any atom is -0.463 e. The Morgan fingerprint density at radius 3 is 2.81 bits per heavy atom. The van der Waals surface area contributed by atoms with Crippen molar-refractivity contribution in [2.45, 2.75) is 12.6 Å². The molecule has 0 fully saturated rings. The molecule has 0 radical (unpaired) electrons. The van der Waals surface area contributed by atoms with Crippen LogP contribution in [0.2, 0.25) is 0 Å². The van der Waals surface area contributed by atoms with Crippen molar-refractivity contribution in [1.29, 1.82) is 0 Å². The maximum atomic E-state index is 5.42. The molecule has 1 aromatic carbocycles. The molecule has 4 nitrogen and oxygen atoms in total. The highest BCUT2D eigenvalue weighted by Crippen LogP contribution is 2.10. The van der Waals surface area contributed by atoms with Crippen LogP contribution in [0, 0.1) is 0 Å². The Morgan fingerprint density at radius 2 is 2.19 bits per heavy atom. The van der Waals surface area contributed by atoms with E-state index in [9.17, 15) is 0 Å². The highest BCUT2D eigenvalue weighted by molar-refractivity contribution is 9.10. The van der Waals surface area contributed by atoms with E-state index in [0.717, 1.165) is 17.6 Å². The predicted octanol–water partition coefficient (Wildman–Crippen LogP) is 1.25. The number of hydrogen-bond donors (Lipinski definition) is 2. The summed E-state index contributed by atoms with van der Waals surface area (Å²) < 4.78 is 6.16. The Morgan fingerprint density at radius 1 is 1.44 bits per heavy atom. The Hall–Kier alpha value is -1.07. The maximum absolute atomic E-state index is 5.42. The van der Waals surface area contributed by atoms with E-state index in [2.05, 4.69) is 38.4 Å². The molecule has 0 aromatic heterocycles. The van der Waals surface area contributed by atoms with Crippen molar-refractivity contribution in [1.82, 2.24) is 5.32 Å². The summed E-state index contributed by atoms with van der Waals surface area (Å²) in [6.07, 6.45) is 0. The lowest BCUT2D eigenvalue weighted by molar-refractivity contribution is 0.309. The van der Waals surface area contributed by atoms with Gasteiger partial charge in [-0.05, 0) is 17.7 Å². The molecular formula is C11H14BrN3O. The fourth-order valence-corrected chi connectivity index (χ4v) is 1.79. The van der Waals surface area contributed by atoms with Gasteiger partial charge in [0.25, 0.3) is 6.02 Å². The van der Waals surface area contributed by atoms with Gasteiger partial charge < -0.3 is 15.8 Å². The van der Waals surface area contributed by atoms with E-state index in [1.54, 1.807) is 0 Å². The molecule has 0 bridgehead atoms. The number of ether oxygens (including phenoxy) is 1. The van der Waals surface area contributed by atoms with Gasteiger partial charge >= 0.3 is 0 Å². The lowest BCUT2D eigenvalue weighted by Gasteiger charge is -2.07. The van der Waals surface area contributed by atoms with Gasteiger partial charge in [-0.25, -0.2) is 4.99 Å². The highest BCUT2D eigenvalue weighted by atomic mass is 79.9. The molecule has 2 rings (SSSR count). The van der Waals surface area contributed by atoms with E-state index in [1.807, 2.05) is 12.1 Å². The van der Waals surface area contributed by atoms with Gasteiger partial charge in [0.1, 0.15) is 12.6 Å². The Labute approximate surface area is 103 Å². The topological polar surface area (TPSA) is 59.6 Å². The fraction of sp³-hybridized carbons (Fsp3) is 0.364. The molecule has 0 aliphatic carbocycles. The Kier molecular flexibility index (Phi) is 3.79. The number of nitrogens with zero attached hydrogens (tertiary/aromatic N) is 1. The van der Waals surface area contributed by atoms with Crippen LogP contribution in [-0.4, -0.2) is 25.2 Å². The van der Waals surface area contributed by atoms with E-state index >= 15 is 0 Å². The van der Waals surface area contributed by atoms with Crippen LogP contribution in [0.3, 0.4) is 0 Å². The lowest BCUT2D eigenvalue weighted by Crippen LogP contribution is -2.26. The monoisotopic (exact) mass is 283 g/mol. The number of benzene rings is 1. The molecule has 0 amide bonds. The summed E-state index contributed by atoms with van der Waals surface area (Å²) in [7, 11) is 0. The molecule has 16 heavy (non-hydrogen) atoms. The molecule has 0 spiro atoms. The van der Waals surface area contributed by atoms with Crippen LogP contribution in [0.1, 0.15) is 5.56 Å². The van der Waals surface area contributed by atoms with Crippen molar-refractivity contribution in [3.8, 4) is 0 Å². The van der Waals surface area contributed by atoms with Crippen molar-refractivity contribution in [3.05, 3.63) is 34.3 Å². The third-order valence-corrected chi connectivity index (χ3v) is 2.88. The second-order valence-electron chi connectivity index (χ2n) is 3.69. The number of hydrogen-bond acceptors (Lipinski definition) is 4. The summed E-state index contributed by atoms with van der Waals surface area (Å²) in [5.74, 6) is 0. The van der Waals surface area contributed by atoms with Crippen LogP contribution in [0.15, 0.2) is 33.7 Å². The molecule has 86 valence electrons. The molecule has 1 aliphatic heterocycles. The first-order valence-electron chi connectivity index (χ1n) is 5.15. The first-order valence-corrected chi connectivity index (χ1v) is 5.94. The lowest BCUT2D eigenvalue weighted by atomic mass is 10.2. The van der Waals surface area contributed by atoms with Crippen LogP contribution >= 0.6 is 15.9 Å². The number of nitrogens with one attached hydrogen (secondary N) is 1. The van der Waals surface area contributed by atoms with Gasteiger partial charge in [0.05, 0.1) is 0 Å². The highest BCUT2D eigenvalue weighted by Gasteiger charge is 2.15. The van der Waals surface area contributed by atoms with Crippen LogP contribution < -0.4 is 11.1 Å². The zero-order valence-electron chi connectivity index (χ0n) is 8.82. The predicted molar refractivity (Wildman–Crippen MR) is 67.2 cm³/mol. The SMILES string of the molecule is NC1=N[C@H](CNCc2ccc(Br)cc2)CO1. The molecule has 3 N–H and O–H groups in total. The molecule has 0 saturated heterocycles. The number of rotatable bonds is 4. The van der Waals surface area contributed by atoms with E-state index < -0.39 is 0 Å². The first-order chi connectivity index (χ1) is 7.74. The summed E-state index contributed by atoms with van der Waals surface area (Å²) in [6.45, 7) is 2.20. The van der Waals surface area contributed by atoms with Gasteiger partial charge in [0.2, 0.25) is 0 Å². The minimum atomic E-state index is 0.149. The second kappa shape index (κ2) is 5.32. The average Bonchev–Trinajstić information content (AvgIpc) is 2.67. The molecule has 0 saturated carbocycles. The molecule has 5 heteroatoms. The van der Waals surface area contributed by atoms with E-state index in [4.69, 9.17) is 10.5 Å². The molecule has 0 unspecified atom stereocenters. The summed E-state index contributed by atoms with van der Waals surface area (Å²) in [4.78, 5) is 4.14. The standard InChI is InChI=1S/C11H14BrN3O/c12-9-3-1-8(2-4-9)5-14-6-10-7-16-11(13)15-10/h1-4,10,14H,5-7H2,(H2,13,15)/t10-/m1/s1. The summed E-state index contributed by atoms with van der Waals surface area (Å²) >= 11 is 3.41. The normalized spacial score (nSPS) is 19.3. The van der Waals surface area contributed by atoms with Crippen molar-refractivity contribution in [2.75, 3.05) is 13.2 Å². The number of halogens is 1. The second-order valence-corrected chi connectivity index (χ2v) is 4.61. The molecule has 1 atom stereocenters. The number of aliphatic imine (C=N–C) groups is 1. The smallest absolute Gasteiger partial charge is 0.282 e. The quantitative estimate of drug-likeness (QED) is 0.875. The van der Waals surface area contributed by atoms with Gasteiger partial charge in [-0.15, -0.1) is 0 Å². The van der Waals surface area contributed by atoms with Gasteiger partial charge in [-0.3, -0.25) is 0 Å². The van der Waals surface area contributed by atoms with Gasteiger partial charge in [-0.1, -0.05) is 28.1 Å². The van der Waals surface area contributed by atoms with Crippen LogP contribution in [0.25, 0.3) is 0 Å². The van der Waals surface area contributed by atoms with Gasteiger partial charge in [0.15, 0.2) is 0 Å². The van der Waals surface area contributed by atoms with Crippen molar-refractivity contribution in [3.63, 3.8) is 0 Å². The van der Waals surface area contributed by atoms with Crippen molar-refractivity contribution < 1.29 is 4.74 Å². The van der Waals surface area contributed by atoms with Crippen molar-refractivity contribution >= 4 is 22.0 Å². The largest absolute Gasteiger partial charge is 0.463 e. The fourth-order valence-electron chi connectivity index (χ4n) is 1.53. The van der Waals surface area contributed by atoms with Crippen molar-refractivity contribution in [2.24, 2.45) is 10.7 Å². The molecule has 1 heterocycles. The van der Waals surface area contributed by atoms with Crippen LogP contribution in [-0.2, 0) is 11.3 Å². The Bertz CT molecular complexity index is 377. The third-order valence-electron chi connectivity index (χ3n) is 2.36. The minimum absolute atomic E-state index is 0.149. The summed E-state index contributed by atoms with van der Waals surface area (Å²) in [5, 5.41) is 3.33. The van der Waals surface area contributed by atoms with Gasteiger partial charge in [0, 0.05) is 17.6 Å². The van der Waals surface area contributed by atoms with Crippen LogP contribution in [0.5, 0.6) is 0 Å². The Balaban J connectivity index is 1.74. The summed E-state index contributed by atoms with van der Waals surface area (Å²) in [5.41, 5.74) is 6.67. The maximum Gasteiger partial charge on any atom is 0.282 e. The zero-order valence-corrected chi connectivity index (χ0v) is 10.4. The molecular weight excluding hydrogens is 270 g/mol. The average molecular weight is 284 g/mol. The van der Waals surface area contributed by atoms with Crippen LogP contribution in [0.4, 0.5) is 0 Å². The molecule has 1 aliphatic rings. The van der Waals surface area contributed by atoms with E-state index in [0.29, 0.717) is 12.6 Å². The zero-order chi connectivity index (χ0) is 11.4.